The van der Waals surface area contributed by atoms with Crippen LogP contribution in [0.2, 0.25) is 5.15 Å². The summed E-state index contributed by atoms with van der Waals surface area (Å²) in [6.45, 7) is 2.77. The van der Waals surface area contributed by atoms with Gasteiger partial charge in [0.2, 0.25) is 0 Å². The van der Waals surface area contributed by atoms with E-state index < -0.39 is 11.7 Å². The molecule has 1 saturated heterocycles. The first-order valence-electron chi connectivity index (χ1n) is 10.8. The monoisotopic (exact) mass is 522 g/mol. The maximum Gasteiger partial charge on any atom is 0.416 e. The van der Waals surface area contributed by atoms with E-state index >= 15 is 0 Å². The fraction of sp³-hybridized carbons (Fsp3) is 0.292. The number of halogens is 4. The molecule has 3 aromatic rings. The Morgan fingerprint density at radius 3 is 2.51 bits per heavy atom. The Labute approximate surface area is 209 Å². The third kappa shape index (κ3) is 7.09. The van der Waals surface area contributed by atoms with Crippen molar-refractivity contribution in [2.45, 2.75) is 23.6 Å². The van der Waals surface area contributed by atoms with Gasteiger partial charge < -0.3 is 15.0 Å². The number of alkyl halides is 3. The van der Waals surface area contributed by atoms with Crippen LogP contribution >= 0.6 is 23.4 Å². The van der Waals surface area contributed by atoms with Gasteiger partial charge in [-0.25, -0.2) is 9.97 Å². The summed E-state index contributed by atoms with van der Waals surface area (Å²) in [7, 11) is 0. The Hall–Kier alpha value is -2.82. The van der Waals surface area contributed by atoms with Crippen molar-refractivity contribution < 1.29 is 22.7 Å². The Bertz CT molecular complexity index is 1170. The molecule has 2 aromatic carbocycles. The van der Waals surface area contributed by atoms with E-state index in [-0.39, 0.29) is 12.5 Å². The zero-order valence-electron chi connectivity index (χ0n) is 18.5. The second-order valence-corrected chi connectivity index (χ2v) is 9.13. The minimum Gasteiger partial charge on any atom is -0.378 e. The minimum absolute atomic E-state index is 0.00205. The van der Waals surface area contributed by atoms with Gasteiger partial charge >= 0.3 is 6.18 Å². The molecule has 1 amide bonds. The smallest absolute Gasteiger partial charge is 0.378 e. The van der Waals surface area contributed by atoms with Crippen molar-refractivity contribution in [1.82, 2.24) is 15.3 Å². The molecule has 2 heterocycles. The first-order chi connectivity index (χ1) is 16.8. The number of carbonyl (C=O) groups excluding carboxylic acids is 1. The zero-order valence-corrected chi connectivity index (χ0v) is 20.1. The van der Waals surface area contributed by atoms with Crippen LogP contribution in [-0.2, 0) is 23.2 Å². The van der Waals surface area contributed by atoms with Crippen LogP contribution in [0.25, 0.3) is 0 Å². The number of ether oxygens (including phenoxy) is 1. The summed E-state index contributed by atoms with van der Waals surface area (Å²) in [6.07, 6.45) is -4.42. The second-order valence-electron chi connectivity index (χ2n) is 7.80. The van der Waals surface area contributed by atoms with Gasteiger partial charge in [-0.15, -0.1) is 0 Å². The number of carbonyl (C=O) groups is 1. The van der Waals surface area contributed by atoms with Gasteiger partial charge in [0, 0.05) is 37.0 Å². The van der Waals surface area contributed by atoms with E-state index in [9.17, 15) is 18.0 Å². The van der Waals surface area contributed by atoms with Gasteiger partial charge in [0.15, 0.2) is 5.16 Å². The van der Waals surface area contributed by atoms with E-state index in [1.165, 1.54) is 23.9 Å². The summed E-state index contributed by atoms with van der Waals surface area (Å²) >= 11 is 7.62. The topological polar surface area (TPSA) is 67.4 Å². The number of amides is 1. The SMILES string of the molecule is O=C(NCc1cccc(C(F)(F)F)c1)c1ccc(CSc2nc(Cl)cc(N3CCOCC3)n2)cc1. The van der Waals surface area contributed by atoms with E-state index in [2.05, 4.69) is 20.2 Å². The van der Waals surface area contributed by atoms with Gasteiger partial charge in [-0.05, 0) is 35.4 Å². The van der Waals surface area contributed by atoms with Crippen molar-refractivity contribution in [3.63, 3.8) is 0 Å². The lowest BCUT2D eigenvalue weighted by molar-refractivity contribution is -0.137. The van der Waals surface area contributed by atoms with Crippen LogP contribution in [0.3, 0.4) is 0 Å². The molecule has 4 rings (SSSR count). The summed E-state index contributed by atoms with van der Waals surface area (Å²) in [4.78, 5) is 23.4. The molecule has 0 radical (unpaired) electrons. The molecule has 11 heteroatoms. The molecule has 0 saturated carbocycles. The molecule has 1 fully saturated rings. The lowest BCUT2D eigenvalue weighted by Crippen LogP contribution is -2.36. The highest BCUT2D eigenvalue weighted by Crippen LogP contribution is 2.29. The highest BCUT2D eigenvalue weighted by molar-refractivity contribution is 7.98. The first-order valence-corrected chi connectivity index (χ1v) is 12.2. The number of rotatable bonds is 7. The number of anilines is 1. The number of aromatic nitrogens is 2. The molecule has 35 heavy (non-hydrogen) atoms. The third-order valence-corrected chi connectivity index (χ3v) is 6.40. The molecule has 184 valence electrons. The maximum atomic E-state index is 12.9. The van der Waals surface area contributed by atoms with Gasteiger partial charge in [0.1, 0.15) is 11.0 Å². The van der Waals surface area contributed by atoms with Crippen LogP contribution in [0.5, 0.6) is 0 Å². The molecule has 1 aliphatic heterocycles. The van der Waals surface area contributed by atoms with E-state index in [0.29, 0.717) is 40.4 Å². The van der Waals surface area contributed by atoms with Crippen molar-refractivity contribution in [1.29, 1.82) is 0 Å². The Balaban J connectivity index is 1.32. The summed E-state index contributed by atoms with van der Waals surface area (Å²) < 4.78 is 43.9. The zero-order chi connectivity index (χ0) is 24.8. The number of nitrogens with zero attached hydrogens (tertiary/aromatic N) is 3. The number of nitrogens with one attached hydrogen (secondary N) is 1. The molecule has 0 aliphatic carbocycles. The van der Waals surface area contributed by atoms with Gasteiger partial charge in [-0.2, -0.15) is 13.2 Å². The predicted molar refractivity (Wildman–Crippen MR) is 129 cm³/mol. The highest BCUT2D eigenvalue weighted by Gasteiger charge is 2.30. The molecule has 0 bridgehead atoms. The van der Waals surface area contributed by atoms with Gasteiger partial charge in [-0.3, -0.25) is 4.79 Å². The van der Waals surface area contributed by atoms with Crippen LogP contribution in [-0.4, -0.2) is 42.2 Å². The van der Waals surface area contributed by atoms with Crippen molar-refractivity contribution in [3.05, 3.63) is 82.0 Å². The Kier molecular flexibility index (Phi) is 8.15. The standard InChI is InChI=1S/C24H22ClF3N4O2S/c25-20-13-21(32-8-10-34-11-9-32)31-23(30-20)35-15-16-4-6-18(7-5-16)22(33)29-14-17-2-1-3-19(12-17)24(26,27)28/h1-7,12-13H,8-11,14-15H2,(H,29,33). The van der Waals surface area contributed by atoms with Crippen molar-refractivity contribution >= 4 is 35.1 Å². The number of morpholine rings is 1. The van der Waals surface area contributed by atoms with Crippen LogP contribution in [0, 0.1) is 0 Å². The number of thioether (sulfide) groups is 1. The number of hydrogen-bond acceptors (Lipinski definition) is 6. The van der Waals surface area contributed by atoms with E-state index in [4.69, 9.17) is 16.3 Å². The van der Waals surface area contributed by atoms with E-state index in [0.717, 1.165) is 36.6 Å². The summed E-state index contributed by atoms with van der Waals surface area (Å²) in [6, 6.07) is 13.6. The molecule has 0 unspecified atom stereocenters. The average molecular weight is 523 g/mol. The quantitative estimate of drug-likeness (QED) is 0.261. The molecule has 0 spiro atoms. The molecule has 6 nitrogen and oxygen atoms in total. The molecule has 0 atom stereocenters. The fourth-order valence-electron chi connectivity index (χ4n) is 3.45. The van der Waals surface area contributed by atoms with Gasteiger partial charge in [0.05, 0.1) is 18.8 Å². The van der Waals surface area contributed by atoms with Crippen LogP contribution in [0.1, 0.15) is 27.0 Å². The number of hydrogen-bond donors (Lipinski definition) is 1. The summed E-state index contributed by atoms with van der Waals surface area (Å²) in [5, 5.41) is 3.58. The third-order valence-electron chi connectivity index (χ3n) is 5.29. The van der Waals surface area contributed by atoms with E-state index in [1.54, 1.807) is 18.2 Å². The molecule has 1 N–H and O–H groups in total. The lowest BCUT2D eigenvalue weighted by atomic mass is 10.1. The molecule has 1 aliphatic rings. The molecular weight excluding hydrogens is 501 g/mol. The fourth-order valence-corrected chi connectivity index (χ4v) is 4.48. The van der Waals surface area contributed by atoms with Gasteiger partial charge in [-0.1, -0.05) is 47.6 Å². The lowest BCUT2D eigenvalue weighted by Gasteiger charge is -2.27. The Morgan fingerprint density at radius 1 is 1.06 bits per heavy atom. The van der Waals surface area contributed by atoms with Crippen LogP contribution < -0.4 is 10.2 Å². The van der Waals surface area contributed by atoms with Crippen molar-refractivity contribution in [2.24, 2.45) is 0 Å². The largest absolute Gasteiger partial charge is 0.416 e. The maximum absolute atomic E-state index is 12.9. The second kappa shape index (κ2) is 11.3. The van der Waals surface area contributed by atoms with Crippen molar-refractivity contribution in [3.8, 4) is 0 Å². The van der Waals surface area contributed by atoms with Gasteiger partial charge in [0.25, 0.3) is 5.91 Å². The van der Waals surface area contributed by atoms with E-state index in [1.807, 2.05) is 12.1 Å². The predicted octanol–water partition coefficient (Wildman–Crippen LogP) is 5.21. The highest BCUT2D eigenvalue weighted by atomic mass is 35.5. The molecule has 1 aromatic heterocycles. The first kappa shape index (κ1) is 25.3. The van der Waals surface area contributed by atoms with Crippen molar-refractivity contribution in [2.75, 3.05) is 31.2 Å². The summed E-state index contributed by atoms with van der Waals surface area (Å²) in [5.41, 5.74) is 1.01. The van der Waals surface area contributed by atoms with Crippen LogP contribution in [0.4, 0.5) is 19.0 Å². The van der Waals surface area contributed by atoms with Crippen LogP contribution in [0.15, 0.2) is 59.8 Å². The molecular formula is C24H22ClF3N4O2S. The minimum atomic E-state index is -4.42. The normalized spacial score (nSPS) is 14.1. The summed E-state index contributed by atoms with van der Waals surface area (Å²) in [5.74, 6) is 0.980. The number of benzene rings is 2. The Morgan fingerprint density at radius 2 is 1.80 bits per heavy atom. The average Bonchev–Trinajstić information content (AvgIpc) is 2.86.